The number of para-hydroxylation sites is 2. The highest BCUT2D eigenvalue weighted by molar-refractivity contribution is 7.19. The normalized spacial score (nSPS) is 11.8. The van der Waals surface area contributed by atoms with Crippen molar-refractivity contribution in [1.82, 2.24) is 18.7 Å². The summed E-state index contributed by atoms with van der Waals surface area (Å²) >= 11 is 1.20. The van der Waals surface area contributed by atoms with Crippen LogP contribution in [0.15, 0.2) is 33.9 Å². The summed E-state index contributed by atoms with van der Waals surface area (Å²) < 4.78 is 4.51. The first-order chi connectivity index (χ1) is 14.7. The van der Waals surface area contributed by atoms with Gasteiger partial charge in [-0.1, -0.05) is 32.9 Å². The lowest BCUT2D eigenvalue weighted by molar-refractivity contribution is 0.0698. The molecule has 0 atom stereocenters. The molecular formula is C22H24N4O4S. The van der Waals surface area contributed by atoms with Gasteiger partial charge < -0.3 is 9.67 Å². The summed E-state index contributed by atoms with van der Waals surface area (Å²) in [6.07, 6.45) is 0.682. The predicted molar refractivity (Wildman–Crippen MR) is 121 cm³/mol. The summed E-state index contributed by atoms with van der Waals surface area (Å²) in [5.74, 6) is -0.181. The van der Waals surface area contributed by atoms with Crippen molar-refractivity contribution in [2.75, 3.05) is 0 Å². The molecule has 8 nitrogen and oxygen atoms in total. The molecule has 4 aromatic rings. The number of aromatic nitrogens is 4. The van der Waals surface area contributed by atoms with Crippen LogP contribution in [-0.2, 0) is 26.6 Å². The van der Waals surface area contributed by atoms with Gasteiger partial charge in [0.05, 0.1) is 28.5 Å². The summed E-state index contributed by atoms with van der Waals surface area (Å²) in [5, 5.41) is 10.1. The minimum atomic E-state index is -1.17. The van der Waals surface area contributed by atoms with E-state index in [1.807, 2.05) is 49.6 Å². The minimum Gasteiger partial charge on any atom is -0.478 e. The van der Waals surface area contributed by atoms with Crippen LogP contribution in [0.2, 0.25) is 0 Å². The summed E-state index contributed by atoms with van der Waals surface area (Å²) in [5.41, 5.74) is 0.702. The molecule has 0 fully saturated rings. The van der Waals surface area contributed by atoms with Crippen LogP contribution < -0.4 is 11.2 Å². The van der Waals surface area contributed by atoms with E-state index in [9.17, 15) is 19.5 Å². The molecule has 3 aromatic heterocycles. The fourth-order valence-electron chi connectivity index (χ4n) is 3.96. The van der Waals surface area contributed by atoms with Crippen molar-refractivity contribution in [1.29, 1.82) is 0 Å². The molecule has 3 heterocycles. The molecule has 0 saturated heterocycles. The van der Waals surface area contributed by atoms with Crippen LogP contribution in [0, 0.1) is 5.92 Å². The van der Waals surface area contributed by atoms with E-state index in [-0.39, 0.29) is 23.4 Å². The Morgan fingerprint density at radius 1 is 1.19 bits per heavy atom. The molecule has 4 rings (SSSR count). The van der Waals surface area contributed by atoms with Gasteiger partial charge in [-0.25, -0.2) is 14.6 Å². The van der Waals surface area contributed by atoms with Crippen molar-refractivity contribution in [3.05, 3.63) is 61.4 Å². The molecule has 0 amide bonds. The van der Waals surface area contributed by atoms with E-state index >= 15 is 0 Å². The fourth-order valence-corrected chi connectivity index (χ4v) is 5.23. The molecule has 1 N–H and O–H groups in total. The SMILES string of the molecule is CCc1nc2ccccc2n1Cc1sc2c(c1C(=O)O)c(=O)n(C)c(=O)n2CC(C)C. The van der Waals surface area contributed by atoms with Gasteiger partial charge in [-0.05, 0) is 18.1 Å². The van der Waals surface area contributed by atoms with Crippen LogP contribution in [0.1, 0.15) is 41.8 Å². The van der Waals surface area contributed by atoms with Crippen molar-refractivity contribution >= 4 is 38.6 Å². The number of thiophene rings is 1. The smallest absolute Gasteiger partial charge is 0.337 e. The molecule has 0 bridgehead atoms. The maximum atomic E-state index is 12.9. The highest BCUT2D eigenvalue weighted by Crippen LogP contribution is 2.31. The highest BCUT2D eigenvalue weighted by Gasteiger charge is 2.26. The maximum absolute atomic E-state index is 12.9. The zero-order chi connectivity index (χ0) is 22.4. The van der Waals surface area contributed by atoms with Gasteiger partial charge in [0.2, 0.25) is 0 Å². The van der Waals surface area contributed by atoms with Crippen molar-refractivity contribution < 1.29 is 9.90 Å². The number of fused-ring (bicyclic) bond motifs is 2. The van der Waals surface area contributed by atoms with Crippen molar-refractivity contribution in [2.24, 2.45) is 13.0 Å². The number of benzene rings is 1. The average molecular weight is 441 g/mol. The number of aromatic carboxylic acids is 1. The van der Waals surface area contributed by atoms with E-state index < -0.39 is 17.2 Å². The van der Waals surface area contributed by atoms with Crippen molar-refractivity contribution in [3.8, 4) is 0 Å². The first-order valence-corrected chi connectivity index (χ1v) is 11.0. The fraction of sp³-hybridized carbons (Fsp3) is 0.364. The summed E-state index contributed by atoms with van der Waals surface area (Å²) in [4.78, 5) is 43.6. The van der Waals surface area contributed by atoms with E-state index in [0.717, 1.165) is 21.4 Å². The van der Waals surface area contributed by atoms with E-state index in [1.54, 1.807) is 0 Å². The van der Waals surface area contributed by atoms with Crippen LogP contribution in [0.4, 0.5) is 0 Å². The van der Waals surface area contributed by atoms with Crippen LogP contribution >= 0.6 is 11.3 Å². The number of carboxylic acids is 1. The number of carbonyl (C=O) groups is 1. The predicted octanol–water partition coefficient (Wildman–Crippen LogP) is 3.08. The molecule has 0 aliphatic heterocycles. The van der Waals surface area contributed by atoms with Gasteiger partial charge in [-0.2, -0.15) is 0 Å². The minimum absolute atomic E-state index is 0.0297. The van der Waals surface area contributed by atoms with Crippen LogP contribution in [0.3, 0.4) is 0 Å². The summed E-state index contributed by atoms with van der Waals surface area (Å²) in [7, 11) is 1.39. The molecule has 0 radical (unpaired) electrons. The number of aryl methyl sites for hydroxylation is 1. The lowest BCUT2D eigenvalue weighted by Crippen LogP contribution is -2.38. The maximum Gasteiger partial charge on any atom is 0.337 e. The quantitative estimate of drug-likeness (QED) is 0.497. The van der Waals surface area contributed by atoms with Gasteiger partial charge in [0.25, 0.3) is 5.56 Å². The molecule has 0 unspecified atom stereocenters. The number of imidazole rings is 1. The summed E-state index contributed by atoms with van der Waals surface area (Å²) in [6.45, 7) is 6.61. The third-order valence-electron chi connectivity index (χ3n) is 5.36. The number of hydrogen-bond acceptors (Lipinski definition) is 5. The van der Waals surface area contributed by atoms with E-state index in [2.05, 4.69) is 4.98 Å². The van der Waals surface area contributed by atoms with Gasteiger partial charge in [0.15, 0.2) is 0 Å². The number of rotatable bonds is 6. The van der Waals surface area contributed by atoms with Crippen molar-refractivity contribution in [3.63, 3.8) is 0 Å². The molecule has 0 aliphatic rings. The molecule has 162 valence electrons. The molecule has 31 heavy (non-hydrogen) atoms. The largest absolute Gasteiger partial charge is 0.478 e. The molecule has 0 aliphatic carbocycles. The van der Waals surface area contributed by atoms with Gasteiger partial charge in [-0.3, -0.25) is 13.9 Å². The van der Waals surface area contributed by atoms with Gasteiger partial charge in [0.1, 0.15) is 10.7 Å². The van der Waals surface area contributed by atoms with Gasteiger partial charge in [-0.15, -0.1) is 11.3 Å². The lowest BCUT2D eigenvalue weighted by atomic mass is 10.1. The Morgan fingerprint density at radius 3 is 2.55 bits per heavy atom. The molecule has 9 heteroatoms. The second-order valence-electron chi connectivity index (χ2n) is 7.99. The van der Waals surface area contributed by atoms with Crippen LogP contribution in [0.5, 0.6) is 0 Å². The molecule has 0 saturated carbocycles. The second kappa shape index (κ2) is 7.81. The molecular weight excluding hydrogens is 416 g/mol. The third-order valence-corrected chi connectivity index (χ3v) is 6.55. The van der Waals surface area contributed by atoms with Crippen LogP contribution in [-0.4, -0.2) is 29.8 Å². The zero-order valence-electron chi connectivity index (χ0n) is 17.9. The molecule has 0 spiro atoms. The van der Waals surface area contributed by atoms with Gasteiger partial charge in [0, 0.05) is 24.9 Å². The number of nitrogens with zero attached hydrogens (tertiary/aromatic N) is 4. The monoisotopic (exact) mass is 440 g/mol. The number of carboxylic acid groups (broad SMARTS) is 1. The Hall–Kier alpha value is -3.20. The van der Waals surface area contributed by atoms with E-state index in [0.29, 0.717) is 22.7 Å². The number of hydrogen-bond donors (Lipinski definition) is 1. The second-order valence-corrected chi connectivity index (χ2v) is 9.08. The van der Waals surface area contributed by atoms with E-state index in [4.69, 9.17) is 0 Å². The van der Waals surface area contributed by atoms with E-state index in [1.165, 1.54) is 23.0 Å². The van der Waals surface area contributed by atoms with Gasteiger partial charge >= 0.3 is 11.7 Å². The Morgan fingerprint density at radius 2 is 1.90 bits per heavy atom. The Kier molecular flexibility index (Phi) is 5.30. The zero-order valence-corrected chi connectivity index (χ0v) is 18.7. The Bertz CT molecular complexity index is 1440. The highest BCUT2D eigenvalue weighted by atomic mass is 32.1. The first kappa shape index (κ1) is 21.0. The summed E-state index contributed by atoms with van der Waals surface area (Å²) in [6, 6.07) is 7.70. The van der Waals surface area contributed by atoms with Crippen molar-refractivity contribution in [2.45, 2.75) is 40.3 Å². The topological polar surface area (TPSA) is 99.1 Å². The Labute approximate surface area is 182 Å². The molecule has 1 aromatic carbocycles. The lowest BCUT2D eigenvalue weighted by Gasteiger charge is -2.11. The third kappa shape index (κ3) is 3.38. The average Bonchev–Trinajstić information content (AvgIpc) is 3.28. The first-order valence-electron chi connectivity index (χ1n) is 10.2. The van der Waals surface area contributed by atoms with Crippen LogP contribution in [0.25, 0.3) is 21.3 Å². The standard InChI is InChI=1S/C22H24N4O4S/c1-5-16-23-13-8-6-7-9-14(13)25(16)11-15-17(21(28)29)18-19(27)24(4)22(30)26(10-12(2)3)20(18)31-15/h6-9,12H,5,10-11H2,1-4H3,(H,28,29). The Balaban J connectivity index is 2.03.